The van der Waals surface area contributed by atoms with E-state index in [1.165, 1.54) is 12.8 Å². The Morgan fingerprint density at radius 3 is 2.38 bits per heavy atom. The molecule has 1 aromatic rings. The quantitative estimate of drug-likeness (QED) is 0.758. The average Bonchev–Trinajstić information content (AvgIpc) is 3.14. The molecule has 0 aromatic carbocycles. The number of aromatic nitrogens is 2. The molecule has 0 radical (unpaired) electrons. The summed E-state index contributed by atoms with van der Waals surface area (Å²) in [5, 5.41) is 3.46. The predicted molar refractivity (Wildman–Crippen MR) is 93.9 cm³/mol. The topological polar surface area (TPSA) is 64.6 Å². The van der Waals surface area contributed by atoms with E-state index in [0.29, 0.717) is 0 Å². The monoisotopic (exact) mass is 332 g/mol. The molecule has 24 heavy (non-hydrogen) atoms. The van der Waals surface area contributed by atoms with Crippen LogP contribution in [0.5, 0.6) is 0 Å². The summed E-state index contributed by atoms with van der Waals surface area (Å²) in [6.07, 6.45) is 6.35. The fourth-order valence-electron chi connectivity index (χ4n) is 3.28. The molecule has 0 saturated carbocycles. The molecule has 0 aliphatic carbocycles. The molecule has 2 aliphatic heterocycles. The van der Waals surface area contributed by atoms with Gasteiger partial charge in [-0.1, -0.05) is 0 Å². The third kappa shape index (κ3) is 4.64. The van der Waals surface area contributed by atoms with Crippen LogP contribution in [0.1, 0.15) is 25.3 Å². The minimum absolute atomic E-state index is 0.185. The van der Waals surface area contributed by atoms with Gasteiger partial charge in [0, 0.05) is 83.8 Å². The molecule has 0 spiro atoms. The molecular formula is C17H28N6O. The zero-order chi connectivity index (χ0) is 16.8. The van der Waals surface area contributed by atoms with Gasteiger partial charge in [-0.3, -0.25) is 9.69 Å². The minimum Gasteiger partial charge on any atom is -0.341 e. The fraction of sp³-hybridized carbons (Fsp3) is 0.706. The summed E-state index contributed by atoms with van der Waals surface area (Å²) >= 11 is 0. The van der Waals surface area contributed by atoms with E-state index in [-0.39, 0.29) is 5.91 Å². The van der Waals surface area contributed by atoms with Crippen molar-refractivity contribution in [3.63, 3.8) is 0 Å². The Morgan fingerprint density at radius 2 is 1.75 bits per heavy atom. The minimum atomic E-state index is 0.185. The van der Waals surface area contributed by atoms with E-state index in [4.69, 9.17) is 0 Å². The Labute approximate surface area is 144 Å². The van der Waals surface area contributed by atoms with Crippen LogP contribution >= 0.6 is 0 Å². The van der Waals surface area contributed by atoms with Gasteiger partial charge < -0.3 is 15.1 Å². The molecule has 0 bridgehead atoms. The molecule has 7 heteroatoms. The van der Waals surface area contributed by atoms with Gasteiger partial charge in [-0.05, 0) is 12.8 Å². The number of hydrogen-bond acceptors (Lipinski definition) is 6. The number of amides is 1. The number of nitrogens with zero attached hydrogens (tertiary/aromatic N) is 5. The zero-order valence-electron chi connectivity index (χ0n) is 14.6. The smallest absolute Gasteiger partial charge is 0.225 e. The molecule has 2 saturated heterocycles. The molecular weight excluding hydrogens is 304 g/mol. The van der Waals surface area contributed by atoms with E-state index in [9.17, 15) is 4.79 Å². The molecule has 1 N–H and O–H groups in total. The third-order valence-electron chi connectivity index (χ3n) is 4.83. The van der Waals surface area contributed by atoms with E-state index in [1.807, 2.05) is 17.3 Å². The number of hydrogen-bond donors (Lipinski definition) is 1. The van der Waals surface area contributed by atoms with E-state index in [2.05, 4.69) is 25.1 Å². The van der Waals surface area contributed by atoms with Crippen LogP contribution in [0.4, 0.5) is 5.95 Å². The fourth-order valence-corrected chi connectivity index (χ4v) is 3.28. The van der Waals surface area contributed by atoms with Crippen molar-refractivity contribution in [2.75, 3.05) is 57.3 Å². The lowest BCUT2D eigenvalue weighted by molar-refractivity contribution is -0.130. The number of piperazine rings is 1. The van der Waals surface area contributed by atoms with Gasteiger partial charge in [0.1, 0.15) is 0 Å². The number of nitrogens with one attached hydrogen (secondary N) is 1. The largest absolute Gasteiger partial charge is 0.341 e. The SMILES string of the molecule is CC(=O)N1CCN(CCNCc2cnc(N3CCCC3)nc2)CC1. The number of anilines is 1. The highest BCUT2D eigenvalue weighted by Gasteiger charge is 2.18. The second-order valence-electron chi connectivity index (χ2n) is 6.61. The summed E-state index contributed by atoms with van der Waals surface area (Å²) in [6.45, 7) is 10.2. The summed E-state index contributed by atoms with van der Waals surface area (Å²) in [7, 11) is 0. The maximum Gasteiger partial charge on any atom is 0.225 e. The number of carbonyl (C=O) groups excluding carboxylic acids is 1. The van der Waals surface area contributed by atoms with Crippen LogP contribution in [0, 0.1) is 0 Å². The van der Waals surface area contributed by atoms with Gasteiger partial charge in [-0.2, -0.15) is 0 Å². The van der Waals surface area contributed by atoms with E-state index >= 15 is 0 Å². The Balaban J connectivity index is 1.33. The lowest BCUT2D eigenvalue weighted by Crippen LogP contribution is -2.49. The first-order valence-corrected chi connectivity index (χ1v) is 8.97. The summed E-state index contributed by atoms with van der Waals surface area (Å²) in [4.78, 5) is 26.8. The van der Waals surface area contributed by atoms with E-state index < -0.39 is 0 Å². The molecule has 2 aliphatic rings. The average molecular weight is 332 g/mol. The lowest BCUT2D eigenvalue weighted by Gasteiger charge is -2.34. The standard InChI is InChI=1S/C17H28N6O/c1-15(24)22-10-8-21(9-11-22)7-4-18-12-16-13-19-17(20-14-16)23-5-2-3-6-23/h13-14,18H,2-12H2,1H3. The van der Waals surface area contributed by atoms with E-state index in [1.54, 1.807) is 6.92 Å². The highest BCUT2D eigenvalue weighted by molar-refractivity contribution is 5.73. The van der Waals surface area contributed by atoms with Crippen molar-refractivity contribution in [1.82, 2.24) is 25.1 Å². The van der Waals surface area contributed by atoms with Crippen molar-refractivity contribution >= 4 is 11.9 Å². The van der Waals surface area contributed by atoms with Crippen LogP contribution in [0.3, 0.4) is 0 Å². The van der Waals surface area contributed by atoms with Crippen LogP contribution in [0.25, 0.3) is 0 Å². The molecule has 1 aromatic heterocycles. The molecule has 3 rings (SSSR count). The molecule has 3 heterocycles. The number of rotatable bonds is 6. The highest BCUT2D eigenvalue weighted by atomic mass is 16.2. The van der Waals surface area contributed by atoms with Gasteiger partial charge in [0.05, 0.1) is 0 Å². The van der Waals surface area contributed by atoms with Gasteiger partial charge in [-0.25, -0.2) is 9.97 Å². The van der Waals surface area contributed by atoms with Gasteiger partial charge in [0.2, 0.25) is 11.9 Å². The van der Waals surface area contributed by atoms with Crippen LogP contribution in [-0.4, -0.2) is 78.0 Å². The summed E-state index contributed by atoms with van der Waals surface area (Å²) in [5.41, 5.74) is 1.12. The summed E-state index contributed by atoms with van der Waals surface area (Å²) < 4.78 is 0. The van der Waals surface area contributed by atoms with Crippen LogP contribution in [0.2, 0.25) is 0 Å². The first kappa shape index (κ1) is 17.1. The Kier molecular flexibility index (Phi) is 5.98. The number of carbonyl (C=O) groups is 1. The second-order valence-corrected chi connectivity index (χ2v) is 6.61. The molecule has 7 nitrogen and oxygen atoms in total. The van der Waals surface area contributed by atoms with Crippen LogP contribution in [-0.2, 0) is 11.3 Å². The van der Waals surface area contributed by atoms with Gasteiger partial charge in [0.25, 0.3) is 0 Å². The lowest BCUT2D eigenvalue weighted by atomic mass is 10.3. The zero-order valence-corrected chi connectivity index (χ0v) is 14.6. The first-order valence-electron chi connectivity index (χ1n) is 8.97. The Hall–Kier alpha value is -1.73. The molecule has 2 fully saturated rings. The van der Waals surface area contributed by atoms with Gasteiger partial charge in [0.15, 0.2) is 0 Å². The van der Waals surface area contributed by atoms with Gasteiger partial charge >= 0.3 is 0 Å². The first-order chi connectivity index (χ1) is 11.7. The maximum atomic E-state index is 11.3. The van der Waals surface area contributed by atoms with Crippen molar-refractivity contribution in [2.24, 2.45) is 0 Å². The molecule has 1 amide bonds. The Morgan fingerprint density at radius 1 is 1.08 bits per heavy atom. The van der Waals surface area contributed by atoms with Crippen LogP contribution in [0.15, 0.2) is 12.4 Å². The highest BCUT2D eigenvalue weighted by Crippen LogP contribution is 2.14. The normalized spacial score (nSPS) is 19.0. The van der Waals surface area contributed by atoms with Gasteiger partial charge in [-0.15, -0.1) is 0 Å². The molecule has 132 valence electrons. The predicted octanol–water partition coefficient (Wildman–Crippen LogP) is 0.331. The maximum absolute atomic E-state index is 11.3. The summed E-state index contributed by atoms with van der Waals surface area (Å²) in [6, 6.07) is 0. The van der Waals surface area contributed by atoms with Crippen LogP contribution < -0.4 is 10.2 Å². The van der Waals surface area contributed by atoms with Crippen molar-refractivity contribution in [3.05, 3.63) is 18.0 Å². The molecule has 0 atom stereocenters. The third-order valence-corrected chi connectivity index (χ3v) is 4.83. The van der Waals surface area contributed by atoms with Crippen molar-refractivity contribution in [3.8, 4) is 0 Å². The Bertz CT molecular complexity index is 520. The summed E-state index contributed by atoms with van der Waals surface area (Å²) in [5.74, 6) is 1.05. The van der Waals surface area contributed by atoms with E-state index in [0.717, 1.165) is 70.4 Å². The molecule has 0 unspecified atom stereocenters. The van der Waals surface area contributed by atoms with Crippen molar-refractivity contribution in [2.45, 2.75) is 26.3 Å². The second kappa shape index (κ2) is 8.39. The van der Waals surface area contributed by atoms with Crippen molar-refractivity contribution in [1.29, 1.82) is 0 Å². The van der Waals surface area contributed by atoms with Crippen molar-refractivity contribution < 1.29 is 4.79 Å².